The van der Waals surface area contributed by atoms with Gasteiger partial charge in [-0.05, 0) is 37.3 Å². The van der Waals surface area contributed by atoms with Gasteiger partial charge in [-0.25, -0.2) is 9.31 Å². The van der Waals surface area contributed by atoms with Crippen molar-refractivity contribution < 1.29 is 9.53 Å². The summed E-state index contributed by atoms with van der Waals surface area (Å²) in [6, 6.07) is 4.16. The summed E-state index contributed by atoms with van der Waals surface area (Å²) in [5, 5.41) is 4.30. The summed E-state index contributed by atoms with van der Waals surface area (Å²) in [5.74, 6) is 0.310. The van der Waals surface area contributed by atoms with Crippen LogP contribution in [-0.2, 0) is 4.74 Å². The van der Waals surface area contributed by atoms with Gasteiger partial charge in [0.05, 0.1) is 12.6 Å². The van der Waals surface area contributed by atoms with Gasteiger partial charge in [0.2, 0.25) is 0 Å². The molecule has 1 fully saturated rings. The maximum Gasteiger partial charge on any atom is 0.358 e. The molecule has 88 valence electrons. The largest absolute Gasteiger partial charge is 0.464 e. The lowest BCUT2D eigenvalue weighted by atomic mass is 10.1. The highest BCUT2D eigenvalue weighted by molar-refractivity contribution is 5.91. The molecular weight excluding hydrogens is 216 g/mol. The zero-order valence-electron chi connectivity index (χ0n) is 9.93. The Labute approximate surface area is 99.2 Å². The van der Waals surface area contributed by atoms with Crippen molar-refractivity contribution in [3.05, 3.63) is 35.2 Å². The van der Waals surface area contributed by atoms with Crippen molar-refractivity contribution in [3.63, 3.8) is 0 Å². The third-order valence-electron chi connectivity index (χ3n) is 3.33. The molecule has 0 unspecified atom stereocenters. The molecule has 0 N–H and O–H groups in total. The molecule has 17 heavy (non-hydrogen) atoms. The quantitative estimate of drug-likeness (QED) is 0.743. The number of carbonyl (C=O) groups is 1. The number of esters is 1. The van der Waals surface area contributed by atoms with Crippen LogP contribution < -0.4 is 0 Å². The third-order valence-corrected chi connectivity index (χ3v) is 3.33. The van der Waals surface area contributed by atoms with E-state index >= 15 is 0 Å². The van der Waals surface area contributed by atoms with Gasteiger partial charge in [0, 0.05) is 11.8 Å². The van der Waals surface area contributed by atoms with Crippen molar-refractivity contribution in [2.24, 2.45) is 0 Å². The lowest BCUT2D eigenvalue weighted by Crippen LogP contribution is -2.03. The monoisotopic (exact) mass is 230 g/mol. The fraction of sp³-hybridized carbons (Fsp3) is 0.385. The van der Waals surface area contributed by atoms with Gasteiger partial charge in [-0.1, -0.05) is 6.07 Å². The van der Waals surface area contributed by atoms with E-state index in [9.17, 15) is 4.79 Å². The summed E-state index contributed by atoms with van der Waals surface area (Å²) in [5.41, 5.74) is 3.55. The summed E-state index contributed by atoms with van der Waals surface area (Å²) in [4.78, 5) is 11.5. The van der Waals surface area contributed by atoms with Crippen LogP contribution in [0.3, 0.4) is 0 Å². The Hall–Kier alpha value is -1.84. The van der Waals surface area contributed by atoms with Gasteiger partial charge in [-0.3, -0.25) is 0 Å². The van der Waals surface area contributed by atoms with E-state index in [1.165, 1.54) is 25.5 Å². The lowest BCUT2D eigenvalue weighted by molar-refractivity contribution is 0.0593. The fourth-order valence-electron chi connectivity index (χ4n) is 2.14. The maximum atomic E-state index is 11.5. The second kappa shape index (κ2) is 3.58. The van der Waals surface area contributed by atoms with Crippen LogP contribution in [0, 0.1) is 6.92 Å². The molecule has 2 heterocycles. The Kier molecular flexibility index (Phi) is 2.18. The van der Waals surface area contributed by atoms with E-state index < -0.39 is 0 Å². The van der Waals surface area contributed by atoms with Crippen LogP contribution in [0.15, 0.2) is 18.3 Å². The van der Waals surface area contributed by atoms with Gasteiger partial charge in [-0.15, -0.1) is 0 Å². The van der Waals surface area contributed by atoms with Crippen LogP contribution in [0.4, 0.5) is 0 Å². The summed E-state index contributed by atoms with van der Waals surface area (Å²) in [6.07, 6.45) is 4.54. The molecular formula is C13H14N2O2. The highest BCUT2D eigenvalue weighted by Gasteiger charge is 2.24. The number of aryl methyl sites for hydroxylation is 1. The maximum absolute atomic E-state index is 11.5. The number of hydrogen-bond donors (Lipinski definition) is 0. The van der Waals surface area contributed by atoms with Crippen LogP contribution >= 0.6 is 0 Å². The minimum atomic E-state index is -0.376. The molecule has 0 bridgehead atoms. The predicted octanol–water partition coefficient (Wildman–Crippen LogP) is 2.31. The van der Waals surface area contributed by atoms with E-state index in [1.54, 1.807) is 4.52 Å². The second-order valence-corrected chi connectivity index (χ2v) is 4.53. The molecule has 4 nitrogen and oxygen atoms in total. The number of rotatable bonds is 2. The van der Waals surface area contributed by atoms with Gasteiger partial charge in [0.25, 0.3) is 0 Å². The number of nitrogens with zero attached hydrogens (tertiary/aromatic N) is 2. The Morgan fingerprint density at radius 2 is 2.24 bits per heavy atom. The summed E-state index contributed by atoms with van der Waals surface area (Å²) < 4.78 is 6.51. The van der Waals surface area contributed by atoms with Crippen molar-refractivity contribution in [1.29, 1.82) is 0 Å². The SMILES string of the molecule is COC(=O)c1nn2cc(C3CC3)ccc2c1C. The molecule has 2 aromatic heterocycles. The van der Waals surface area contributed by atoms with Gasteiger partial charge in [-0.2, -0.15) is 5.10 Å². The number of hydrogen-bond acceptors (Lipinski definition) is 3. The first-order chi connectivity index (χ1) is 8.20. The zero-order chi connectivity index (χ0) is 12.0. The summed E-state index contributed by atoms with van der Waals surface area (Å²) in [7, 11) is 1.38. The second-order valence-electron chi connectivity index (χ2n) is 4.53. The molecule has 0 spiro atoms. The first-order valence-corrected chi connectivity index (χ1v) is 5.78. The van der Waals surface area contributed by atoms with Crippen molar-refractivity contribution >= 4 is 11.5 Å². The van der Waals surface area contributed by atoms with Gasteiger partial charge in [0.1, 0.15) is 0 Å². The lowest BCUT2D eigenvalue weighted by Gasteiger charge is -1.99. The molecule has 2 aromatic rings. The average molecular weight is 230 g/mol. The molecule has 0 amide bonds. The number of ether oxygens (including phenoxy) is 1. The molecule has 0 aromatic carbocycles. The van der Waals surface area contributed by atoms with Crippen molar-refractivity contribution in [3.8, 4) is 0 Å². The molecule has 1 saturated carbocycles. The predicted molar refractivity (Wildman–Crippen MR) is 63.2 cm³/mol. The van der Waals surface area contributed by atoms with E-state index in [1.807, 2.05) is 19.2 Å². The van der Waals surface area contributed by atoms with E-state index in [0.29, 0.717) is 11.6 Å². The smallest absolute Gasteiger partial charge is 0.358 e. The normalized spacial score (nSPS) is 15.2. The van der Waals surface area contributed by atoms with E-state index in [0.717, 1.165) is 11.1 Å². The van der Waals surface area contributed by atoms with E-state index in [4.69, 9.17) is 4.74 Å². The zero-order valence-corrected chi connectivity index (χ0v) is 9.93. The molecule has 1 aliphatic carbocycles. The summed E-state index contributed by atoms with van der Waals surface area (Å²) >= 11 is 0. The fourth-order valence-corrected chi connectivity index (χ4v) is 2.14. The minimum Gasteiger partial charge on any atom is -0.464 e. The van der Waals surface area contributed by atoms with E-state index in [2.05, 4.69) is 11.2 Å². The molecule has 0 radical (unpaired) electrons. The molecule has 0 atom stereocenters. The first kappa shape index (κ1) is 10.3. The highest BCUT2D eigenvalue weighted by atomic mass is 16.5. The number of carbonyl (C=O) groups excluding carboxylic acids is 1. The number of methoxy groups -OCH3 is 1. The van der Waals surface area contributed by atoms with Crippen molar-refractivity contribution in [2.45, 2.75) is 25.7 Å². The van der Waals surface area contributed by atoms with E-state index in [-0.39, 0.29) is 5.97 Å². The molecule has 0 saturated heterocycles. The minimum absolute atomic E-state index is 0.376. The third kappa shape index (κ3) is 1.60. The van der Waals surface area contributed by atoms with Crippen molar-refractivity contribution in [1.82, 2.24) is 9.61 Å². The van der Waals surface area contributed by atoms with Crippen LogP contribution in [0.25, 0.3) is 5.52 Å². The molecule has 4 heteroatoms. The number of fused-ring (bicyclic) bond motifs is 1. The van der Waals surface area contributed by atoms with Gasteiger partial charge < -0.3 is 4.74 Å². The van der Waals surface area contributed by atoms with Crippen LogP contribution in [-0.4, -0.2) is 22.7 Å². The Morgan fingerprint density at radius 3 is 2.88 bits per heavy atom. The van der Waals surface area contributed by atoms with Gasteiger partial charge in [0.15, 0.2) is 5.69 Å². The van der Waals surface area contributed by atoms with Crippen LogP contribution in [0.2, 0.25) is 0 Å². The molecule has 1 aliphatic rings. The Morgan fingerprint density at radius 1 is 1.47 bits per heavy atom. The molecule has 0 aliphatic heterocycles. The van der Waals surface area contributed by atoms with Crippen LogP contribution in [0.1, 0.15) is 40.4 Å². The summed E-state index contributed by atoms with van der Waals surface area (Å²) in [6.45, 7) is 1.89. The Bertz CT molecular complexity index is 597. The highest BCUT2D eigenvalue weighted by Crippen LogP contribution is 2.40. The topological polar surface area (TPSA) is 43.6 Å². The van der Waals surface area contributed by atoms with Crippen LogP contribution in [0.5, 0.6) is 0 Å². The van der Waals surface area contributed by atoms with Gasteiger partial charge >= 0.3 is 5.97 Å². The average Bonchev–Trinajstić information content (AvgIpc) is 3.14. The number of aromatic nitrogens is 2. The standard InChI is InChI=1S/C13H14N2O2/c1-8-11-6-5-10(9-3-4-9)7-15(11)14-12(8)13(16)17-2/h5-7,9H,3-4H2,1-2H3. The number of pyridine rings is 1. The Balaban J connectivity index is 2.14. The first-order valence-electron chi connectivity index (χ1n) is 5.78. The molecule has 3 rings (SSSR count). The van der Waals surface area contributed by atoms with Crippen molar-refractivity contribution in [2.75, 3.05) is 7.11 Å².